The van der Waals surface area contributed by atoms with Gasteiger partial charge in [-0.25, -0.2) is 9.97 Å². The Morgan fingerprint density at radius 1 is 1.40 bits per heavy atom. The van der Waals surface area contributed by atoms with Gasteiger partial charge in [0.2, 0.25) is 5.88 Å². The number of aromatic nitrogens is 2. The summed E-state index contributed by atoms with van der Waals surface area (Å²) in [7, 11) is 0. The Morgan fingerprint density at radius 2 is 2.33 bits per heavy atom. The predicted octanol–water partition coefficient (Wildman–Crippen LogP) is 1.99. The Morgan fingerprint density at radius 3 is 2.93 bits per heavy atom. The Hall–Kier alpha value is -1.93. The van der Waals surface area contributed by atoms with E-state index in [0.29, 0.717) is 18.2 Å². The lowest BCUT2D eigenvalue weighted by atomic mass is 10.5. The van der Waals surface area contributed by atoms with Gasteiger partial charge in [-0.05, 0) is 11.4 Å². The maximum absolute atomic E-state index is 8.52. The van der Waals surface area contributed by atoms with Crippen molar-refractivity contribution in [1.82, 2.24) is 9.97 Å². The SMILES string of the molecule is N#Cc1cnc(OCc2cccs2)cn1. The van der Waals surface area contributed by atoms with Crippen molar-refractivity contribution in [2.45, 2.75) is 6.61 Å². The van der Waals surface area contributed by atoms with Crippen LogP contribution in [-0.2, 0) is 6.61 Å². The third-order valence-corrected chi connectivity index (χ3v) is 2.54. The summed E-state index contributed by atoms with van der Waals surface area (Å²) in [6.45, 7) is 0.484. The lowest BCUT2D eigenvalue weighted by Gasteiger charge is -2.01. The molecule has 0 aliphatic heterocycles. The van der Waals surface area contributed by atoms with Crippen LogP contribution < -0.4 is 4.74 Å². The first-order valence-corrected chi connectivity index (χ1v) is 5.14. The molecule has 15 heavy (non-hydrogen) atoms. The van der Waals surface area contributed by atoms with Crippen molar-refractivity contribution in [3.63, 3.8) is 0 Å². The average molecular weight is 217 g/mol. The third kappa shape index (κ3) is 2.51. The van der Waals surface area contributed by atoms with Crippen molar-refractivity contribution in [1.29, 1.82) is 5.26 Å². The van der Waals surface area contributed by atoms with E-state index in [1.165, 1.54) is 12.4 Å². The number of rotatable bonds is 3. The average Bonchev–Trinajstić information content (AvgIpc) is 2.80. The van der Waals surface area contributed by atoms with Gasteiger partial charge in [0.05, 0.1) is 12.4 Å². The number of thiophene rings is 1. The van der Waals surface area contributed by atoms with Crippen LogP contribution in [0.25, 0.3) is 0 Å². The summed E-state index contributed by atoms with van der Waals surface area (Å²) >= 11 is 1.62. The quantitative estimate of drug-likeness (QED) is 0.788. The molecule has 0 aromatic carbocycles. The lowest BCUT2D eigenvalue weighted by Crippen LogP contribution is -1.96. The van der Waals surface area contributed by atoms with Gasteiger partial charge >= 0.3 is 0 Å². The van der Waals surface area contributed by atoms with E-state index in [1.54, 1.807) is 11.3 Å². The molecule has 2 aromatic heterocycles. The second-order valence-corrected chi connectivity index (χ2v) is 3.75. The fourth-order valence-electron chi connectivity index (χ4n) is 0.988. The van der Waals surface area contributed by atoms with Gasteiger partial charge in [0.1, 0.15) is 12.7 Å². The molecule has 2 aromatic rings. The molecular weight excluding hydrogens is 210 g/mol. The van der Waals surface area contributed by atoms with Crippen LogP contribution in [0, 0.1) is 11.3 Å². The fourth-order valence-corrected chi connectivity index (χ4v) is 1.60. The molecule has 0 atom stereocenters. The predicted molar refractivity (Wildman–Crippen MR) is 55.4 cm³/mol. The summed E-state index contributed by atoms with van der Waals surface area (Å²) in [5, 5.41) is 10.5. The standard InChI is InChI=1S/C10H7N3OS/c11-4-8-5-13-10(6-12-8)14-7-9-2-1-3-15-9/h1-3,5-6H,7H2. The van der Waals surface area contributed by atoms with E-state index in [0.717, 1.165) is 4.88 Å². The fraction of sp³-hybridized carbons (Fsp3) is 0.100. The third-order valence-electron chi connectivity index (χ3n) is 1.69. The van der Waals surface area contributed by atoms with Gasteiger partial charge in [-0.2, -0.15) is 5.26 Å². The zero-order chi connectivity index (χ0) is 10.5. The van der Waals surface area contributed by atoms with Crippen molar-refractivity contribution >= 4 is 11.3 Å². The molecule has 0 aliphatic carbocycles. The van der Waals surface area contributed by atoms with Gasteiger partial charge in [-0.3, -0.25) is 0 Å². The highest BCUT2D eigenvalue weighted by Crippen LogP contribution is 2.12. The molecule has 0 fully saturated rings. The summed E-state index contributed by atoms with van der Waals surface area (Å²) < 4.78 is 5.38. The summed E-state index contributed by atoms with van der Waals surface area (Å²) in [5.74, 6) is 0.433. The molecule has 0 amide bonds. The number of nitriles is 1. The molecule has 0 saturated heterocycles. The van der Waals surface area contributed by atoms with Crippen LogP contribution in [-0.4, -0.2) is 9.97 Å². The van der Waals surface area contributed by atoms with E-state index in [4.69, 9.17) is 10.00 Å². The number of hydrogen-bond acceptors (Lipinski definition) is 5. The topological polar surface area (TPSA) is 58.8 Å². The lowest BCUT2D eigenvalue weighted by molar-refractivity contribution is 0.296. The normalized spacial score (nSPS) is 9.53. The van der Waals surface area contributed by atoms with Crippen LogP contribution in [0.3, 0.4) is 0 Å². The van der Waals surface area contributed by atoms with Gasteiger partial charge in [-0.1, -0.05) is 6.07 Å². The van der Waals surface area contributed by atoms with Gasteiger partial charge in [0.25, 0.3) is 0 Å². The van der Waals surface area contributed by atoms with E-state index in [2.05, 4.69) is 9.97 Å². The van der Waals surface area contributed by atoms with Gasteiger partial charge in [-0.15, -0.1) is 11.3 Å². The Balaban J connectivity index is 1.97. The second-order valence-electron chi connectivity index (χ2n) is 2.72. The molecule has 0 spiro atoms. The summed E-state index contributed by atoms with van der Waals surface area (Å²) in [6.07, 6.45) is 2.84. The van der Waals surface area contributed by atoms with Crippen LogP contribution in [0.1, 0.15) is 10.6 Å². The summed E-state index contributed by atoms with van der Waals surface area (Å²) in [5.41, 5.74) is 0.290. The molecule has 0 bridgehead atoms. The van der Waals surface area contributed by atoms with Crippen molar-refractivity contribution in [3.8, 4) is 11.9 Å². The Labute approximate surface area is 90.8 Å². The molecule has 0 saturated carbocycles. The molecule has 2 heterocycles. The molecule has 0 radical (unpaired) electrons. The van der Waals surface area contributed by atoms with Gasteiger partial charge in [0.15, 0.2) is 5.69 Å². The second kappa shape index (κ2) is 4.53. The molecule has 74 valence electrons. The van der Waals surface area contributed by atoms with Crippen molar-refractivity contribution in [2.75, 3.05) is 0 Å². The first-order chi connectivity index (χ1) is 7.38. The van der Waals surface area contributed by atoms with E-state index < -0.39 is 0 Å². The number of nitrogens with zero attached hydrogens (tertiary/aromatic N) is 3. The van der Waals surface area contributed by atoms with Crippen molar-refractivity contribution in [3.05, 3.63) is 40.5 Å². The smallest absolute Gasteiger partial charge is 0.232 e. The highest BCUT2D eigenvalue weighted by Gasteiger charge is 1.99. The highest BCUT2D eigenvalue weighted by molar-refractivity contribution is 7.09. The first-order valence-electron chi connectivity index (χ1n) is 4.26. The molecule has 0 N–H and O–H groups in total. The van der Waals surface area contributed by atoms with E-state index in [-0.39, 0.29) is 0 Å². The molecule has 2 rings (SSSR count). The molecular formula is C10H7N3OS. The number of hydrogen-bond donors (Lipinski definition) is 0. The highest BCUT2D eigenvalue weighted by atomic mass is 32.1. The van der Waals surface area contributed by atoms with Crippen LogP contribution in [0.15, 0.2) is 29.9 Å². The minimum atomic E-state index is 0.290. The molecule has 4 nitrogen and oxygen atoms in total. The van der Waals surface area contributed by atoms with Crippen molar-refractivity contribution in [2.24, 2.45) is 0 Å². The van der Waals surface area contributed by atoms with Crippen molar-refractivity contribution < 1.29 is 4.74 Å². The maximum atomic E-state index is 8.52. The monoisotopic (exact) mass is 217 g/mol. The van der Waals surface area contributed by atoms with Gasteiger partial charge in [0, 0.05) is 4.88 Å². The van der Waals surface area contributed by atoms with E-state index in [1.807, 2.05) is 23.6 Å². The molecule has 0 aliphatic rings. The van der Waals surface area contributed by atoms with Gasteiger partial charge < -0.3 is 4.74 Å². The van der Waals surface area contributed by atoms with Crippen LogP contribution in [0.4, 0.5) is 0 Å². The zero-order valence-corrected chi connectivity index (χ0v) is 8.57. The Kier molecular flexibility index (Phi) is 2.90. The van der Waals surface area contributed by atoms with Crippen LogP contribution in [0.5, 0.6) is 5.88 Å². The Bertz CT molecular complexity index is 458. The minimum Gasteiger partial charge on any atom is -0.471 e. The zero-order valence-electron chi connectivity index (χ0n) is 7.75. The van der Waals surface area contributed by atoms with E-state index in [9.17, 15) is 0 Å². The largest absolute Gasteiger partial charge is 0.471 e. The molecule has 5 heteroatoms. The van der Waals surface area contributed by atoms with Crippen LogP contribution >= 0.6 is 11.3 Å². The maximum Gasteiger partial charge on any atom is 0.232 e. The van der Waals surface area contributed by atoms with Crippen LogP contribution in [0.2, 0.25) is 0 Å². The summed E-state index contributed by atoms with van der Waals surface area (Å²) in [4.78, 5) is 8.92. The molecule has 0 unspecified atom stereocenters. The first kappa shape index (κ1) is 9.62. The number of ether oxygens (including phenoxy) is 1. The summed E-state index contributed by atoms with van der Waals surface area (Å²) in [6, 6.07) is 5.85. The van der Waals surface area contributed by atoms with E-state index >= 15 is 0 Å². The minimum absolute atomic E-state index is 0.290.